The third kappa shape index (κ3) is 2.23. The summed E-state index contributed by atoms with van der Waals surface area (Å²) in [4.78, 5) is 10.6. The molecule has 1 fully saturated rings. The minimum atomic E-state index is 1.00. The van der Waals surface area contributed by atoms with Crippen LogP contribution in [0.25, 0.3) is 0 Å². The lowest BCUT2D eigenvalue weighted by molar-refractivity contribution is 0.726. The third-order valence-corrected chi connectivity index (χ3v) is 3.11. The lowest BCUT2D eigenvalue weighted by Gasteiger charge is -2.21. The average molecular weight is 256 g/mol. The first kappa shape index (κ1) is 9.90. The Morgan fingerprint density at radius 2 is 1.86 bits per heavy atom. The van der Waals surface area contributed by atoms with E-state index in [1.54, 1.807) is 6.33 Å². The topological polar surface area (TPSA) is 29.0 Å². The molecule has 0 saturated carbocycles. The molecule has 0 amide bonds. The SMILES string of the molecule is Brc1cncnc1N1CCCCCC1. The summed E-state index contributed by atoms with van der Waals surface area (Å²) in [6.07, 6.45) is 8.67. The highest BCUT2D eigenvalue weighted by Gasteiger charge is 2.13. The van der Waals surface area contributed by atoms with Crippen molar-refractivity contribution in [3.8, 4) is 0 Å². The molecule has 0 aromatic carbocycles. The molecule has 1 aliphatic rings. The zero-order chi connectivity index (χ0) is 9.80. The van der Waals surface area contributed by atoms with E-state index in [9.17, 15) is 0 Å². The summed E-state index contributed by atoms with van der Waals surface area (Å²) in [6.45, 7) is 2.24. The summed E-state index contributed by atoms with van der Waals surface area (Å²) in [6, 6.07) is 0. The van der Waals surface area contributed by atoms with Gasteiger partial charge in [-0.2, -0.15) is 0 Å². The molecule has 0 bridgehead atoms. The van der Waals surface area contributed by atoms with Crippen LogP contribution >= 0.6 is 15.9 Å². The number of anilines is 1. The maximum atomic E-state index is 4.31. The van der Waals surface area contributed by atoms with Crippen LogP contribution in [0.5, 0.6) is 0 Å². The molecular weight excluding hydrogens is 242 g/mol. The molecule has 1 aliphatic heterocycles. The molecule has 0 atom stereocenters. The minimum Gasteiger partial charge on any atom is -0.356 e. The molecule has 2 heterocycles. The van der Waals surface area contributed by atoms with E-state index < -0.39 is 0 Å². The van der Waals surface area contributed by atoms with Crippen LogP contribution in [-0.4, -0.2) is 23.1 Å². The fourth-order valence-electron chi connectivity index (χ4n) is 1.82. The van der Waals surface area contributed by atoms with Gasteiger partial charge in [-0.05, 0) is 28.8 Å². The number of rotatable bonds is 1. The molecule has 0 aliphatic carbocycles. The van der Waals surface area contributed by atoms with E-state index in [0.717, 1.165) is 23.4 Å². The Morgan fingerprint density at radius 1 is 1.14 bits per heavy atom. The van der Waals surface area contributed by atoms with E-state index in [4.69, 9.17) is 0 Å². The van der Waals surface area contributed by atoms with Crippen molar-refractivity contribution in [2.45, 2.75) is 25.7 Å². The molecular formula is C10H14BrN3. The predicted molar refractivity (Wildman–Crippen MR) is 60.4 cm³/mol. The van der Waals surface area contributed by atoms with Crippen LogP contribution in [0.4, 0.5) is 5.82 Å². The van der Waals surface area contributed by atoms with Crippen molar-refractivity contribution in [1.29, 1.82) is 0 Å². The van der Waals surface area contributed by atoms with Gasteiger partial charge in [-0.15, -0.1) is 0 Å². The summed E-state index contributed by atoms with van der Waals surface area (Å²) in [5.41, 5.74) is 0. The van der Waals surface area contributed by atoms with Crippen molar-refractivity contribution in [3.05, 3.63) is 17.0 Å². The average Bonchev–Trinajstić information content (AvgIpc) is 2.47. The normalized spacial score (nSPS) is 17.9. The lowest BCUT2D eigenvalue weighted by Crippen LogP contribution is -2.25. The van der Waals surface area contributed by atoms with Crippen molar-refractivity contribution >= 4 is 21.7 Å². The van der Waals surface area contributed by atoms with Crippen LogP contribution in [-0.2, 0) is 0 Å². The standard InChI is InChI=1S/C10H14BrN3/c11-9-7-12-8-13-10(9)14-5-3-1-2-4-6-14/h7-8H,1-6H2. The van der Waals surface area contributed by atoms with E-state index in [1.807, 2.05) is 6.20 Å². The van der Waals surface area contributed by atoms with Crippen molar-refractivity contribution in [3.63, 3.8) is 0 Å². The fraction of sp³-hybridized carbons (Fsp3) is 0.600. The second kappa shape index (κ2) is 4.73. The molecule has 76 valence electrons. The Labute approximate surface area is 92.7 Å². The van der Waals surface area contributed by atoms with Gasteiger partial charge in [-0.3, -0.25) is 0 Å². The van der Waals surface area contributed by atoms with Gasteiger partial charge in [0.1, 0.15) is 12.1 Å². The van der Waals surface area contributed by atoms with Gasteiger partial charge in [0.05, 0.1) is 4.47 Å². The van der Waals surface area contributed by atoms with Crippen LogP contribution in [0.15, 0.2) is 17.0 Å². The number of hydrogen-bond acceptors (Lipinski definition) is 3. The van der Waals surface area contributed by atoms with E-state index in [1.165, 1.54) is 25.7 Å². The largest absolute Gasteiger partial charge is 0.356 e. The highest BCUT2D eigenvalue weighted by Crippen LogP contribution is 2.24. The first-order valence-electron chi connectivity index (χ1n) is 5.08. The maximum Gasteiger partial charge on any atom is 0.146 e. The summed E-state index contributed by atoms with van der Waals surface area (Å²) in [5.74, 6) is 1.04. The Morgan fingerprint density at radius 3 is 2.50 bits per heavy atom. The minimum absolute atomic E-state index is 1.00. The number of aromatic nitrogens is 2. The Bertz CT molecular complexity index is 295. The van der Waals surface area contributed by atoms with Gasteiger partial charge < -0.3 is 4.90 Å². The summed E-state index contributed by atoms with van der Waals surface area (Å²) < 4.78 is 1.00. The van der Waals surface area contributed by atoms with Crippen LogP contribution in [0.2, 0.25) is 0 Å². The van der Waals surface area contributed by atoms with Crippen LogP contribution in [0, 0.1) is 0 Å². The highest BCUT2D eigenvalue weighted by molar-refractivity contribution is 9.10. The maximum absolute atomic E-state index is 4.31. The highest BCUT2D eigenvalue weighted by atomic mass is 79.9. The molecule has 0 spiro atoms. The molecule has 1 aromatic rings. The molecule has 0 N–H and O–H groups in total. The Hall–Kier alpha value is -0.640. The Kier molecular flexibility index (Phi) is 3.35. The molecule has 14 heavy (non-hydrogen) atoms. The van der Waals surface area contributed by atoms with Crippen LogP contribution in [0.1, 0.15) is 25.7 Å². The lowest BCUT2D eigenvalue weighted by atomic mass is 10.2. The second-order valence-electron chi connectivity index (χ2n) is 3.60. The summed E-state index contributed by atoms with van der Waals surface area (Å²) in [7, 11) is 0. The fourth-order valence-corrected chi connectivity index (χ4v) is 2.29. The quantitative estimate of drug-likeness (QED) is 0.773. The zero-order valence-electron chi connectivity index (χ0n) is 8.12. The van der Waals surface area contributed by atoms with E-state index in [0.29, 0.717) is 0 Å². The summed E-state index contributed by atoms with van der Waals surface area (Å²) >= 11 is 3.49. The first-order chi connectivity index (χ1) is 6.88. The number of hydrogen-bond donors (Lipinski definition) is 0. The van der Waals surface area contributed by atoms with Crippen molar-refractivity contribution < 1.29 is 0 Å². The van der Waals surface area contributed by atoms with Crippen molar-refractivity contribution in [1.82, 2.24) is 9.97 Å². The summed E-state index contributed by atoms with van der Waals surface area (Å²) in [5, 5.41) is 0. The first-order valence-corrected chi connectivity index (χ1v) is 5.87. The molecule has 4 heteroatoms. The van der Waals surface area contributed by atoms with E-state index in [2.05, 4.69) is 30.8 Å². The van der Waals surface area contributed by atoms with Crippen molar-refractivity contribution in [2.24, 2.45) is 0 Å². The van der Waals surface area contributed by atoms with Crippen LogP contribution in [0.3, 0.4) is 0 Å². The molecule has 0 radical (unpaired) electrons. The predicted octanol–water partition coefficient (Wildman–Crippen LogP) is 2.62. The van der Waals surface area contributed by atoms with Crippen LogP contribution < -0.4 is 4.90 Å². The molecule has 3 nitrogen and oxygen atoms in total. The van der Waals surface area contributed by atoms with E-state index >= 15 is 0 Å². The Balaban J connectivity index is 2.16. The molecule has 2 rings (SSSR count). The van der Waals surface area contributed by atoms with Crippen molar-refractivity contribution in [2.75, 3.05) is 18.0 Å². The molecule has 1 saturated heterocycles. The zero-order valence-corrected chi connectivity index (χ0v) is 9.70. The van der Waals surface area contributed by atoms with Gasteiger partial charge >= 0.3 is 0 Å². The van der Waals surface area contributed by atoms with Gasteiger partial charge in [0, 0.05) is 19.3 Å². The van der Waals surface area contributed by atoms with Gasteiger partial charge in [-0.1, -0.05) is 12.8 Å². The van der Waals surface area contributed by atoms with Gasteiger partial charge in [0.2, 0.25) is 0 Å². The second-order valence-corrected chi connectivity index (χ2v) is 4.45. The van der Waals surface area contributed by atoms with Gasteiger partial charge in [0.15, 0.2) is 0 Å². The molecule has 1 aromatic heterocycles. The molecule has 0 unspecified atom stereocenters. The van der Waals surface area contributed by atoms with Gasteiger partial charge in [-0.25, -0.2) is 9.97 Å². The number of nitrogens with zero attached hydrogens (tertiary/aromatic N) is 3. The number of halogens is 1. The smallest absolute Gasteiger partial charge is 0.146 e. The monoisotopic (exact) mass is 255 g/mol. The van der Waals surface area contributed by atoms with Gasteiger partial charge in [0.25, 0.3) is 0 Å². The third-order valence-electron chi connectivity index (χ3n) is 2.55. The van der Waals surface area contributed by atoms with E-state index in [-0.39, 0.29) is 0 Å².